The molecule has 1 N–H and O–H groups in total. The van der Waals surface area contributed by atoms with Gasteiger partial charge < -0.3 is 19.5 Å². The van der Waals surface area contributed by atoms with Crippen LogP contribution in [0.1, 0.15) is 12.0 Å². The summed E-state index contributed by atoms with van der Waals surface area (Å²) in [7, 11) is 3.52. The van der Waals surface area contributed by atoms with Gasteiger partial charge in [-0.3, -0.25) is 0 Å². The van der Waals surface area contributed by atoms with Crippen LogP contribution in [0.5, 0.6) is 5.88 Å². The highest BCUT2D eigenvalue weighted by molar-refractivity contribution is 6.31. The third kappa shape index (κ3) is 6.73. The Bertz CT molecular complexity index is 364. The van der Waals surface area contributed by atoms with E-state index < -0.39 is 0 Å². The van der Waals surface area contributed by atoms with E-state index in [1.807, 2.05) is 13.1 Å². The minimum Gasteiger partial charge on any atom is -0.478 e. The Hall–Kier alpha value is -0.880. The van der Waals surface area contributed by atoms with E-state index in [0.29, 0.717) is 43.9 Å². The lowest BCUT2D eigenvalue weighted by Crippen LogP contribution is -2.09. The minimum absolute atomic E-state index is 0.570. The van der Waals surface area contributed by atoms with Crippen molar-refractivity contribution in [2.45, 2.75) is 13.0 Å². The summed E-state index contributed by atoms with van der Waals surface area (Å²) in [6.07, 6.45) is 2.42. The van der Waals surface area contributed by atoms with Crippen molar-refractivity contribution in [3.8, 4) is 5.88 Å². The highest BCUT2D eigenvalue weighted by Gasteiger charge is 2.03. The summed E-state index contributed by atoms with van der Waals surface area (Å²) in [5.41, 5.74) is 0.977. The first kappa shape index (κ1) is 16.2. The molecule has 0 aliphatic rings. The van der Waals surface area contributed by atoms with Gasteiger partial charge in [0.25, 0.3) is 0 Å². The minimum atomic E-state index is 0.570. The van der Waals surface area contributed by atoms with E-state index >= 15 is 0 Å². The number of nitrogens with one attached hydrogen (secondary N) is 1. The van der Waals surface area contributed by atoms with Crippen LogP contribution in [0.3, 0.4) is 0 Å². The molecule has 108 valence electrons. The van der Waals surface area contributed by atoms with E-state index in [1.54, 1.807) is 13.3 Å². The Labute approximate surface area is 119 Å². The van der Waals surface area contributed by atoms with Crippen LogP contribution < -0.4 is 10.1 Å². The fourth-order valence-electron chi connectivity index (χ4n) is 1.45. The summed E-state index contributed by atoms with van der Waals surface area (Å²) in [4.78, 5) is 4.13. The molecule has 0 aromatic carbocycles. The van der Waals surface area contributed by atoms with Gasteiger partial charge in [0, 0.05) is 38.9 Å². The van der Waals surface area contributed by atoms with Crippen molar-refractivity contribution < 1.29 is 14.2 Å². The second kappa shape index (κ2) is 9.97. The molecule has 0 saturated heterocycles. The first-order valence-corrected chi connectivity index (χ1v) is 6.64. The zero-order chi connectivity index (χ0) is 13.9. The fraction of sp³-hybridized carbons (Fsp3) is 0.615. The molecule has 0 unspecified atom stereocenters. The van der Waals surface area contributed by atoms with E-state index in [0.717, 1.165) is 12.0 Å². The van der Waals surface area contributed by atoms with Crippen LogP contribution in [0, 0.1) is 0 Å². The number of halogens is 1. The standard InChI is InChI=1S/C13H21ClN2O3/c1-15-9-11-8-13(16-10-12(11)14)19-5-3-4-18-7-6-17-2/h8,10,15H,3-7,9H2,1-2H3. The van der Waals surface area contributed by atoms with Gasteiger partial charge in [-0.1, -0.05) is 11.6 Å². The SMILES string of the molecule is CNCc1cc(OCCCOCCOC)ncc1Cl. The maximum Gasteiger partial charge on any atom is 0.213 e. The number of hydrogen-bond donors (Lipinski definition) is 1. The average molecular weight is 289 g/mol. The largest absolute Gasteiger partial charge is 0.478 e. The zero-order valence-corrected chi connectivity index (χ0v) is 12.2. The maximum atomic E-state index is 6.02. The molecule has 1 heterocycles. The van der Waals surface area contributed by atoms with E-state index in [1.165, 1.54) is 0 Å². The van der Waals surface area contributed by atoms with E-state index in [-0.39, 0.29) is 0 Å². The Morgan fingerprint density at radius 1 is 1.26 bits per heavy atom. The summed E-state index contributed by atoms with van der Waals surface area (Å²) in [5, 5.41) is 3.69. The highest BCUT2D eigenvalue weighted by Crippen LogP contribution is 2.19. The van der Waals surface area contributed by atoms with Crippen LogP contribution in [-0.4, -0.2) is 45.6 Å². The zero-order valence-electron chi connectivity index (χ0n) is 11.4. The first-order valence-electron chi connectivity index (χ1n) is 6.26. The Morgan fingerprint density at radius 2 is 2.11 bits per heavy atom. The lowest BCUT2D eigenvalue weighted by Gasteiger charge is -2.08. The molecule has 0 radical (unpaired) electrons. The van der Waals surface area contributed by atoms with E-state index in [4.69, 9.17) is 25.8 Å². The number of rotatable bonds is 10. The van der Waals surface area contributed by atoms with Gasteiger partial charge in [-0.25, -0.2) is 4.98 Å². The van der Waals surface area contributed by atoms with Gasteiger partial charge in [-0.05, 0) is 12.6 Å². The summed E-state index contributed by atoms with van der Waals surface area (Å²) in [6.45, 7) is 3.15. The number of ether oxygens (including phenoxy) is 3. The van der Waals surface area contributed by atoms with Crippen LogP contribution >= 0.6 is 11.6 Å². The second-order valence-electron chi connectivity index (χ2n) is 3.95. The average Bonchev–Trinajstić information content (AvgIpc) is 2.41. The molecule has 0 spiro atoms. The molecular weight excluding hydrogens is 268 g/mol. The number of hydrogen-bond acceptors (Lipinski definition) is 5. The third-order valence-corrected chi connectivity index (χ3v) is 2.73. The molecule has 19 heavy (non-hydrogen) atoms. The second-order valence-corrected chi connectivity index (χ2v) is 4.36. The smallest absolute Gasteiger partial charge is 0.213 e. The van der Waals surface area contributed by atoms with Crippen molar-refractivity contribution in [1.29, 1.82) is 0 Å². The van der Waals surface area contributed by atoms with Crippen molar-refractivity contribution in [2.75, 3.05) is 40.6 Å². The van der Waals surface area contributed by atoms with E-state index in [2.05, 4.69) is 10.3 Å². The number of methoxy groups -OCH3 is 1. The van der Waals surface area contributed by atoms with Gasteiger partial charge >= 0.3 is 0 Å². The van der Waals surface area contributed by atoms with Crippen molar-refractivity contribution in [1.82, 2.24) is 10.3 Å². The maximum absolute atomic E-state index is 6.02. The van der Waals surface area contributed by atoms with Crippen molar-refractivity contribution in [2.24, 2.45) is 0 Å². The lowest BCUT2D eigenvalue weighted by molar-refractivity contribution is 0.0642. The molecule has 6 heteroatoms. The summed E-state index contributed by atoms with van der Waals surface area (Å²) in [5.74, 6) is 0.589. The fourth-order valence-corrected chi connectivity index (χ4v) is 1.62. The molecule has 0 bridgehead atoms. The number of aromatic nitrogens is 1. The van der Waals surface area contributed by atoms with Gasteiger partial charge in [0.15, 0.2) is 0 Å². The van der Waals surface area contributed by atoms with Gasteiger partial charge in [0.05, 0.1) is 24.8 Å². The summed E-state index contributed by atoms with van der Waals surface area (Å²) < 4.78 is 15.8. The van der Waals surface area contributed by atoms with Gasteiger partial charge in [-0.15, -0.1) is 0 Å². The normalized spacial score (nSPS) is 10.7. The van der Waals surface area contributed by atoms with Gasteiger partial charge in [0.1, 0.15) is 0 Å². The van der Waals surface area contributed by atoms with E-state index in [9.17, 15) is 0 Å². The molecule has 0 amide bonds. The molecule has 0 saturated carbocycles. The van der Waals surface area contributed by atoms with Crippen molar-refractivity contribution in [3.63, 3.8) is 0 Å². The highest BCUT2D eigenvalue weighted by atomic mass is 35.5. The molecule has 0 aliphatic carbocycles. The number of pyridine rings is 1. The Morgan fingerprint density at radius 3 is 2.84 bits per heavy atom. The van der Waals surface area contributed by atoms with Gasteiger partial charge in [0.2, 0.25) is 5.88 Å². The van der Waals surface area contributed by atoms with Crippen LogP contribution in [0.2, 0.25) is 5.02 Å². The summed E-state index contributed by atoms with van der Waals surface area (Å²) in [6, 6.07) is 1.85. The van der Waals surface area contributed by atoms with Gasteiger partial charge in [-0.2, -0.15) is 0 Å². The third-order valence-electron chi connectivity index (χ3n) is 2.39. The molecule has 0 fully saturated rings. The molecule has 1 aromatic rings. The Kier molecular flexibility index (Phi) is 8.49. The van der Waals surface area contributed by atoms with Crippen molar-refractivity contribution >= 4 is 11.6 Å². The molecule has 1 rings (SSSR count). The van der Waals surface area contributed by atoms with Crippen LogP contribution in [0.15, 0.2) is 12.3 Å². The first-order chi connectivity index (χ1) is 9.27. The molecule has 0 atom stereocenters. The molecular formula is C13H21ClN2O3. The Balaban J connectivity index is 2.23. The predicted molar refractivity (Wildman–Crippen MR) is 74.8 cm³/mol. The predicted octanol–water partition coefficient (Wildman–Crippen LogP) is 1.89. The molecule has 1 aromatic heterocycles. The van der Waals surface area contributed by atoms with Crippen LogP contribution in [0.25, 0.3) is 0 Å². The molecule has 5 nitrogen and oxygen atoms in total. The number of nitrogens with zero attached hydrogens (tertiary/aromatic N) is 1. The topological polar surface area (TPSA) is 52.6 Å². The molecule has 0 aliphatic heterocycles. The summed E-state index contributed by atoms with van der Waals surface area (Å²) >= 11 is 6.02. The van der Waals surface area contributed by atoms with Crippen LogP contribution in [0.4, 0.5) is 0 Å². The quantitative estimate of drug-likeness (QED) is 0.666. The lowest BCUT2D eigenvalue weighted by atomic mass is 10.2. The van der Waals surface area contributed by atoms with Crippen molar-refractivity contribution in [3.05, 3.63) is 22.8 Å². The monoisotopic (exact) mass is 288 g/mol. The van der Waals surface area contributed by atoms with Crippen LogP contribution in [-0.2, 0) is 16.0 Å².